The Kier molecular flexibility index (Phi) is 6.66. The number of anilines is 1. The van der Waals surface area contributed by atoms with Gasteiger partial charge in [-0.05, 0) is 39.5 Å². The van der Waals surface area contributed by atoms with Crippen molar-refractivity contribution in [1.82, 2.24) is 20.2 Å². The van der Waals surface area contributed by atoms with Crippen LogP contribution in [0.2, 0.25) is 0 Å². The number of H-pyrrole nitrogens is 1. The third-order valence-corrected chi connectivity index (χ3v) is 7.55. The zero-order chi connectivity index (χ0) is 26.2. The van der Waals surface area contributed by atoms with Crippen LogP contribution in [0.5, 0.6) is 0 Å². The van der Waals surface area contributed by atoms with Crippen LogP contribution in [0.3, 0.4) is 0 Å². The Morgan fingerprint density at radius 2 is 2.19 bits per heavy atom. The van der Waals surface area contributed by atoms with Gasteiger partial charge in [0.25, 0.3) is 5.91 Å². The zero-order valence-electron chi connectivity index (χ0n) is 21.7. The fourth-order valence-corrected chi connectivity index (χ4v) is 5.42. The number of esters is 1. The standard InChI is InChI=1S/C27H35N7O3/c1-4-11-34-24(35)21-23(33-12-10-30-26(33)34)32-22(31-21)19(14-28)15-29-16-27(8-9-27)20-13-18(7-6-17(20)3)25(36)37-5-2/h6-7,10,12,14-15,18,26,30H,4-5,8-9,11,13,16,28H2,1-3H3,(H,31,32). The van der Waals surface area contributed by atoms with Crippen molar-refractivity contribution in [3.05, 3.63) is 53.4 Å². The summed E-state index contributed by atoms with van der Waals surface area (Å²) in [7, 11) is 0. The summed E-state index contributed by atoms with van der Waals surface area (Å²) >= 11 is 0. The lowest BCUT2D eigenvalue weighted by atomic mass is 9.81. The van der Waals surface area contributed by atoms with Gasteiger partial charge in [-0.25, -0.2) is 4.98 Å². The topological polar surface area (TPSA) is 129 Å². The smallest absolute Gasteiger partial charge is 0.313 e. The fraction of sp³-hybridized carbons (Fsp3) is 0.481. The van der Waals surface area contributed by atoms with Crippen molar-refractivity contribution < 1.29 is 14.3 Å². The molecule has 4 aliphatic rings. The Hall–Kier alpha value is -3.82. The van der Waals surface area contributed by atoms with Gasteiger partial charge in [0.2, 0.25) is 0 Å². The quantitative estimate of drug-likeness (QED) is 0.347. The van der Waals surface area contributed by atoms with E-state index in [1.165, 1.54) is 17.3 Å². The van der Waals surface area contributed by atoms with E-state index >= 15 is 0 Å². The zero-order valence-corrected chi connectivity index (χ0v) is 21.7. The van der Waals surface area contributed by atoms with Crippen LogP contribution >= 0.6 is 0 Å². The number of allylic oxidation sites excluding steroid dienone is 3. The van der Waals surface area contributed by atoms with Gasteiger partial charge in [0, 0.05) is 43.3 Å². The number of carbonyl (C=O) groups excluding carboxylic acids is 2. The average molecular weight is 506 g/mol. The summed E-state index contributed by atoms with van der Waals surface area (Å²) in [6, 6.07) is 0. The van der Waals surface area contributed by atoms with E-state index in [4.69, 9.17) is 20.4 Å². The van der Waals surface area contributed by atoms with Crippen LogP contribution < -0.4 is 16.0 Å². The van der Waals surface area contributed by atoms with Crippen LogP contribution in [0.25, 0.3) is 5.57 Å². The summed E-state index contributed by atoms with van der Waals surface area (Å²) < 4.78 is 5.25. The molecule has 0 radical (unpaired) electrons. The van der Waals surface area contributed by atoms with Gasteiger partial charge >= 0.3 is 5.97 Å². The van der Waals surface area contributed by atoms with Crippen LogP contribution in [0.1, 0.15) is 62.8 Å². The number of nitrogens with two attached hydrogens (primary N) is 1. The molecule has 196 valence electrons. The first-order chi connectivity index (χ1) is 17.9. The molecule has 37 heavy (non-hydrogen) atoms. The van der Waals surface area contributed by atoms with Gasteiger partial charge in [0.1, 0.15) is 11.5 Å². The van der Waals surface area contributed by atoms with E-state index in [9.17, 15) is 9.59 Å². The molecule has 2 unspecified atom stereocenters. The van der Waals surface area contributed by atoms with Crippen molar-refractivity contribution in [2.24, 2.45) is 22.1 Å². The first kappa shape index (κ1) is 24.9. The maximum absolute atomic E-state index is 13.2. The van der Waals surface area contributed by atoms with E-state index in [1.807, 2.05) is 43.3 Å². The first-order valence-corrected chi connectivity index (χ1v) is 13.0. The van der Waals surface area contributed by atoms with Crippen LogP contribution in [0.4, 0.5) is 5.82 Å². The number of hydrogen-bond donors (Lipinski definition) is 3. The van der Waals surface area contributed by atoms with Crippen LogP contribution in [0.15, 0.2) is 46.9 Å². The molecule has 1 aromatic rings. The molecule has 4 N–H and O–H groups in total. The number of imidazole rings is 1. The molecule has 1 aromatic heterocycles. The normalized spacial score (nSPS) is 24.0. The van der Waals surface area contributed by atoms with Crippen LogP contribution in [0, 0.1) is 11.3 Å². The summed E-state index contributed by atoms with van der Waals surface area (Å²) in [4.78, 5) is 41.9. The summed E-state index contributed by atoms with van der Waals surface area (Å²) in [5, 5.41) is 3.22. The van der Waals surface area contributed by atoms with Gasteiger partial charge in [-0.2, -0.15) is 0 Å². The predicted octanol–water partition coefficient (Wildman–Crippen LogP) is 3.05. The number of hydrogen-bond acceptors (Lipinski definition) is 8. The molecule has 1 amide bonds. The van der Waals surface area contributed by atoms with E-state index in [1.54, 1.807) is 11.1 Å². The summed E-state index contributed by atoms with van der Waals surface area (Å²) in [5.41, 5.74) is 9.49. The molecule has 2 aliphatic carbocycles. The predicted molar refractivity (Wildman–Crippen MR) is 142 cm³/mol. The average Bonchev–Trinajstić information content (AvgIpc) is 3.29. The Morgan fingerprint density at radius 3 is 2.89 bits per heavy atom. The Bertz CT molecular complexity index is 1230. The maximum Gasteiger partial charge on any atom is 0.313 e. The first-order valence-electron chi connectivity index (χ1n) is 13.0. The Morgan fingerprint density at radius 1 is 1.38 bits per heavy atom. The lowest BCUT2D eigenvalue weighted by molar-refractivity contribution is -0.146. The molecule has 10 heteroatoms. The number of aromatic nitrogens is 2. The molecule has 2 atom stereocenters. The number of fused-ring (bicyclic) bond motifs is 3. The van der Waals surface area contributed by atoms with Crippen molar-refractivity contribution in [3.8, 4) is 0 Å². The van der Waals surface area contributed by atoms with Crippen molar-refractivity contribution in [2.75, 3.05) is 24.6 Å². The lowest BCUT2D eigenvalue weighted by Crippen LogP contribution is -2.56. The molecule has 0 spiro atoms. The molecule has 1 fully saturated rings. The Balaban J connectivity index is 1.32. The van der Waals surface area contributed by atoms with Gasteiger partial charge in [0.15, 0.2) is 12.1 Å². The lowest BCUT2D eigenvalue weighted by Gasteiger charge is -2.38. The highest BCUT2D eigenvalue weighted by atomic mass is 16.5. The van der Waals surface area contributed by atoms with E-state index in [2.05, 4.69) is 17.2 Å². The number of nitrogens with zero attached hydrogens (tertiary/aromatic N) is 4. The molecule has 5 rings (SSSR count). The highest BCUT2D eigenvalue weighted by molar-refractivity contribution is 6.09. The number of aliphatic imine (C=N–C) groups is 1. The minimum absolute atomic E-state index is 0.0337. The number of rotatable bonds is 9. The highest BCUT2D eigenvalue weighted by Crippen LogP contribution is 2.56. The molecule has 10 nitrogen and oxygen atoms in total. The van der Waals surface area contributed by atoms with Gasteiger partial charge in [-0.3, -0.25) is 24.4 Å². The van der Waals surface area contributed by atoms with Crippen molar-refractivity contribution in [2.45, 2.75) is 52.7 Å². The van der Waals surface area contributed by atoms with Crippen LogP contribution in [-0.4, -0.2) is 58.9 Å². The summed E-state index contributed by atoms with van der Waals surface area (Å²) in [5.74, 6) is 0.574. The van der Waals surface area contributed by atoms with E-state index < -0.39 is 0 Å². The van der Waals surface area contributed by atoms with Crippen LogP contribution in [-0.2, 0) is 9.53 Å². The molecule has 0 saturated heterocycles. The molecule has 0 aromatic carbocycles. The van der Waals surface area contributed by atoms with E-state index in [0.717, 1.165) is 19.3 Å². The number of ether oxygens (including phenoxy) is 1. The van der Waals surface area contributed by atoms with Crippen molar-refractivity contribution in [1.29, 1.82) is 0 Å². The number of carbonyl (C=O) groups is 2. The third kappa shape index (κ3) is 4.45. The van der Waals surface area contributed by atoms with E-state index in [0.29, 0.717) is 49.0 Å². The largest absolute Gasteiger partial charge is 0.466 e. The van der Waals surface area contributed by atoms with Crippen molar-refractivity contribution >= 4 is 29.5 Å². The van der Waals surface area contributed by atoms with Gasteiger partial charge in [-0.15, -0.1) is 0 Å². The number of nitrogens with one attached hydrogen (secondary N) is 2. The van der Waals surface area contributed by atoms with Crippen molar-refractivity contribution in [3.63, 3.8) is 0 Å². The highest BCUT2D eigenvalue weighted by Gasteiger charge is 2.47. The third-order valence-electron chi connectivity index (χ3n) is 7.55. The monoisotopic (exact) mass is 505 g/mol. The second-order valence-electron chi connectivity index (χ2n) is 10.0. The molecule has 1 saturated carbocycles. The summed E-state index contributed by atoms with van der Waals surface area (Å²) in [6.45, 7) is 7.59. The molecule has 0 bridgehead atoms. The van der Waals surface area contributed by atoms with Gasteiger partial charge in [0.05, 0.1) is 18.1 Å². The second-order valence-corrected chi connectivity index (χ2v) is 10.0. The number of amides is 1. The minimum Gasteiger partial charge on any atom is -0.466 e. The SMILES string of the molecule is CCCN1C(=O)c2[nH]c(C(C=NCC3(C4=C(C)C=CC(C(=O)OCC)C4)CC3)=CN)nc2N2C=CNC12. The molecule has 2 aliphatic heterocycles. The van der Waals surface area contributed by atoms with E-state index in [-0.39, 0.29) is 29.5 Å². The molecular formula is C27H35N7O3. The molecule has 3 heterocycles. The number of aromatic amines is 1. The fourth-order valence-electron chi connectivity index (χ4n) is 5.42. The van der Waals surface area contributed by atoms with Gasteiger partial charge in [-0.1, -0.05) is 30.2 Å². The minimum atomic E-state index is -0.274. The van der Waals surface area contributed by atoms with Gasteiger partial charge < -0.3 is 20.8 Å². The maximum atomic E-state index is 13.2. The molecular weight excluding hydrogens is 470 g/mol. The summed E-state index contributed by atoms with van der Waals surface area (Å²) in [6.07, 6.45) is 14.2. The Labute approximate surface area is 217 Å². The second kappa shape index (κ2) is 9.91.